The molecule has 0 amide bonds. The van der Waals surface area contributed by atoms with Crippen LogP contribution in [0.3, 0.4) is 0 Å². The van der Waals surface area contributed by atoms with E-state index in [-0.39, 0.29) is 24.3 Å². The Hall–Kier alpha value is -3.11. The third-order valence-corrected chi connectivity index (χ3v) is 8.12. The molecule has 1 saturated heterocycles. The lowest BCUT2D eigenvalue weighted by atomic mass is 10.0. The number of para-hydroxylation sites is 1. The number of aryl methyl sites for hydroxylation is 1. The van der Waals surface area contributed by atoms with Gasteiger partial charge in [-0.25, -0.2) is 13.1 Å². The average Bonchev–Trinajstić information content (AvgIpc) is 3.35. The molecular formula is C27H31N3O5S. The summed E-state index contributed by atoms with van der Waals surface area (Å²) < 4.78 is 46.1. The van der Waals surface area contributed by atoms with Crippen LogP contribution in [0.5, 0.6) is 23.0 Å². The van der Waals surface area contributed by atoms with Crippen LogP contribution in [0.1, 0.15) is 17.2 Å². The van der Waals surface area contributed by atoms with Gasteiger partial charge in [0.1, 0.15) is 11.5 Å². The van der Waals surface area contributed by atoms with E-state index in [9.17, 15) is 8.42 Å². The summed E-state index contributed by atoms with van der Waals surface area (Å²) in [6.45, 7) is 5.97. The lowest BCUT2D eigenvalue weighted by Gasteiger charge is -2.38. The Morgan fingerprint density at radius 1 is 0.944 bits per heavy atom. The maximum Gasteiger partial charge on any atom is 0.240 e. The summed E-state index contributed by atoms with van der Waals surface area (Å²) in [6.07, 6.45) is 0. The first-order chi connectivity index (χ1) is 17.4. The van der Waals surface area contributed by atoms with E-state index in [2.05, 4.69) is 21.6 Å². The van der Waals surface area contributed by atoms with Crippen molar-refractivity contribution in [2.45, 2.75) is 17.9 Å². The Kier molecular flexibility index (Phi) is 7.15. The van der Waals surface area contributed by atoms with Gasteiger partial charge in [-0.2, -0.15) is 0 Å². The van der Waals surface area contributed by atoms with Crippen molar-refractivity contribution in [3.05, 3.63) is 77.9 Å². The van der Waals surface area contributed by atoms with E-state index >= 15 is 0 Å². The molecule has 2 heterocycles. The number of hydrogen-bond donors (Lipinski definition) is 1. The van der Waals surface area contributed by atoms with Gasteiger partial charge >= 0.3 is 0 Å². The quantitative estimate of drug-likeness (QED) is 0.495. The molecule has 0 radical (unpaired) electrons. The van der Waals surface area contributed by atoms with Crippen molar-refractivity contribution in [1.82, 2.24) is 14.5 Å². The van der Waals surface area contributed by atoms with Crippen LogP contribution < -0.4 is 18.9 Å². The Bertz CT molecular complexity index is 1310. The van der Waals surface area contributed by atoms with Crippen LogP contribution in [0.4, 0.5) is 0 Å². The van der Waals surface area contributed by atoms with Crippen LogP contribution in [0.2, 0.25) is 0 Å². The van der Waals surface area contributed by atoms with E-state index in [1.165, 1.54) is 0 Å². The topological polar surface area (TPSA) is 80.3 Å². The average molecular weight is 510 g/mol. The molecule has 190 valence electrons. The third-order valence-electron chi connectivity index (χ3n) is 6.68. The van der Waals surface area contributed by atoms with Crippen LogP contribution in [-0.2, 0) is 10.0 Å². The third kappa shape index (κ3) is 5.49. The van der Waals surface area contributed by atoms with Crippen LogP contribution in [-0.4, -0.2) is 64.8 Å². The van der Waals surface area contributed by atoms with Crippen molar-refractivity contribution in [2.75, 3.05) is 46.6 Å². The first-order valence-electron chi connectivity index (χ1n) is 12.0. The first-order valence-corrected chi connectivity index (χ1v) is 13.5. The fourth-order valence-corrected chi connectivity index (χ4v) is 5.51. The van der Waals surface area contributed by atoms with Crippen molar-refractivity contribution in [3.8, 4) is 23.0 Å². The lowest BCUT2D eigenvalue weighted by Crippen LogP contribution is -2.48. The summed E-state index contributed by atoms with van der Waals surface area (Å²) in [5.74, 6) is 2.73. The predicted octanol–water partition coefficient (Wildman–Crippen LogP) is 3.78. The van der Waals surface area contributed by atoms with Gasteiger partial charge in [-0.1, -0.05) is 24.3 Å². The lowest BCUT2D eigenvalue weighted by molar-refractivity contribution is 0.112. The summed E-state index contributed by atoms with van der Waals surface area (Å²) in [5.41, 5.74) is 2.00. The highest BCUT2D eigenvalue weighted by Gasteiger charge is 2.27. The van der Waals surface area contributed by atoms with Crippen LogP contribution in [0.25, 0.3) is 0 Å². The first kappa shape index (κ1) is 24.6. The van der Waals surface area contributed by atoms with Crippen molar-refractivity contribution >= 4 is 10.0 Å². The molecule has 8 nitrogen and oxygen atoms in total. The SMILES string of the molecule is Cc1ccccc1Oc1ccc(S(=O)(=O)NCC(c2ccc3c(c2)OCO3)N2CCN(C)CC2)cc1. The molecule has 3 aromatic rings. The highest BCUT2D eigenvalue weighted by atomic mass is 32.2. The normalized spacial score (nSPS) is 17.2. The second kappa shape index (κ2) is 10.5. The Morgan fingerprint density at radius 2 is 1.67 bits per heavy atom. The molecule has 0 spiro atoms. The Labute approximate surface area is 212 Å². The minimum Gasteiger partial charge on any atom is -0.457 e. The molecule has 2 aliphatic heterocycles. The molecule has 0 aromatic heterocycles. The molecule has 2 aliphatic rings. The maximum atomic E-state index is 13.2. The Balaban J connectivity index is 1.31. The van der Waals surface area contributed by atoms with E-state index in [0.29, 0.717) is 17.2 Å². The zero-order chi connectivity index (χ0) is 25.1. The number of sulfonamides is 1. The van der Waals surface area contributed by atoms with Gasteiger partial charge in [0.25, 0.3) is 0 Å². The van der Waals surface area contributed by atoms with Gasteiger partial charge in [0.2, 0.25) is 16.8 Å². The largest absolute Gasteiger partial charge is 0.457 e. The monoisotopic (exact) mass is 509 g/mol. The molecule has 1 atom stereocenters. The van der Waals surface area contributed by atoms with Gasteiger partial charge < -0.3 is 19.1 Å². The summed E-state index contributed by atoms with van der Waals surface area (Å²) >= 11 is 0. The number of benzene rings is 3. The highest BCUT2D eigenvalue weighted by molar-refractivity contribution is 7.89. The second-order valence-electron chi connectivity index (χ2n) is 9.16. The van der Waals surface area contributed by atoms with Crippen LogP contribution in [0, 0.1) is 6.92 Å². The number of fused-ring (bicyclic) bond motifs is 1. The standard InChI is InChI=1S/C27H31N3O5S/c1-20-5-3-4-6-25(20)35-22-8-10-23(11-9-22)36(31,32)28-18-24(30-15-13-29(2)14-16-30)21-7-12-26-27(17-21)34-19-33-26/h3-12,17,24,28H,13-16,18-19H2,1-2H3. The minimum absolute atomic E-state index is 0.133. The predicted molar refractivity (Wildman–Crippen MR) is 137 cm³/mol. The molecule has 0 aliphatic carbocycles. The summed E-state index contributed by atoms with van der Waals surface area (Å²) in [4.78, 5) is 4.79. The minimum atomic E-state index is -3.72. The zero-order valence-electron chi connectivity index (χ0n) is 20.5. The summed E-state index contributed by atoms with van der Waals surface area (Å²) in [7, 11) is -1.62. The fourth-order valence-electron chi connectivity index (χ4n) is 4.47. The van der Waals surface area contributed by atoms with Crippen LogP contribution >= 0.6 is 0 Å². The van der Waals surface area contributed by atoms with Crippen molar-refractivity contribution in [1.29, 1.82) is 0 Å². The van der Waals surface area contributed by atoms with E-state index < -0.39 is 10.0 Å². The van der Waals surface area contributed by atoms with E-state index in [4.69, 9.17) is 14.2 Å². The molecule has 1 N–H and O–H groups in total. The molecule has 3 aromatic carbocycles. The van der Waals surface area contributed by atoms with Gasteiger partial charge in [0, 0.05) is 38.8 Å². The summed E-state index contributed by atoms with van der Waals surface area (Å²) in [5, 5.41) is 0. The van der Waals surface area contributed by atoms with Crippen LogP contribution in [0.15, 0.2) is 71.6 Å². The number of nitrogens with one attached hydrogen (secondary N) is 1. The zero-order valence-corrected chi connectivity index (χ0v) is 21.3. The van der Waals surface area contributed by atoms with Gasteiger partial charge in [-0.3, -0.25) is 4.90 Å². The van der Waals surface area contributed by atoms with Gasteiger partial charge in [-0.05, 0) is 67.6 Å². The van der Waals surface area contributed by atoms with E-state index in [0.717, 1.165) is 43.1 Å². The van der Waals surface area contributed by atoms with Crippen molar-refractivity contribution in [2.24, 2.45) is 0 Å². The van der Waals surface area contributed by atoms with Crippen molar-refractivity contribution < 1.29 is 22.6 Å². The van der Waals surface area contributed by atoms with Gasteiger partial charge in [0.05, 0.1) is 4.90 Å². The maximum absolute atomic E-state index is 13.2. The van der Waals surface area contributed by atoms with Gasteiger partial charge in [-0.15, -0.1) is 0 Å². The molecule has 1 fully saturated rings. The number of rotatable bonds is 8. The van der Waals surface area contributed by atoms with E-state index in [1.807, 2.05) is 49.4 Å². The fraction of sp³-hybridized carbons (Fsp3) is 0.333. The number of ether oxygens (including phenoxy) is 3. The van der Waals surface area contributed by atoms with Gasteiger partial charge in [0.15, 0.2) is 11.5 Å². The number of piperazine rings is 1. The number of nitrogens with zero attached hydrogens (tertiary/aromatic N) is 2. The molecule has 0 bridgehead atoms. The molecular weight excluding hydrogens is 478 g/mol. The van der Waals surface area contributed by atoms with Crippen molar-refractivity contribution in [3.63, 3.8) is 0 Å². The molecule has 5 rings (SSSR count). The molecule has 36 heavy (non-hydrogen) atoms. The molecule has 9 heteroatoms. The second-order valence-corrected chi connectivity index (χ2v) is 10.9. The summed E-state index contributed by atoms with van der Waals surface area (Å²) in [6, 6.07) is 19.9. The molecule has 1 unspecified atom stereocenters. The number of hydrogen-bond acceptors (Lipinski definition) is 7. The molecule has 0 saturated carbocycles. The Morgan fingerprint density at radius 3 is 2.42 bits per heavy atom. The smallest absolute Gasteiger partial charge is 0.240 e. The number of likely N-dealkylation sites (N-methyl/N-ethyl adjacent to an activating group) is 1. The van der Waals surface area contributed by atoms with E-state index in [1.54, 1.807) is 24.3 Å². The highest BCUT2D eigenvalue weighted by Crippen LogP contribution is 2.36.